The van der Waals surface area contributed by atoms with Crippen LogP contribution in [0.1, 0.15) is 0 Å². The van der Waals surface area contributed by atoms with Gasteiger partial charge in [0.1, 0.15) is 12.4 Å². The molecule has 6 heteroatoms. The van der Waals surface area contributed by atoms with Crippen LogP contribution in [0.5, 0.6) is 5.75 Å². The van der Waals surface area contributed by atoms with Crippen molar-refractivity contribution in [3.63, 3.8) is 0 Å². The van der Waals surface area contributed by atoms with Gasteiger partial charge in [0.2, 0.25) is 0 Å². The topological polar surface area (TPSA) is 98.3 Å². The number of ether oxygens (including phenoxy) is 1. The van der Waals surface area contributed by atoms with Gasteiger partial charge in [0.15, 0.2) is 0 Å². The summed E-state index contributed by atoms with van der Waals surface area (Å²) in [6.45, 7) is 4.16. The standard InChI is InChI=1S/C11H12O.H3O3P.H2O/c1-2-3-7-10-12-11-8-5-4-6-9-11;1-4(2)3;/h2-9H,1,10H2;4H,(H2,1,2,3);1H2. The van der Waals surface area contributed by atoms with Crippen LogP contribution in [0.4, 0.5) is 0 Å². The first kappa shape index (κ1) is 18.0. The minimum Gasteiger partial charge on any atom is -0.490 e. The lowest BCUT2D eigenvalue weighted by Crippen LogP contribution is -1.91. The average Bonchev–Trinajstić information content (AvgIpc) is 2.25. The zero-order valence-electron chi connectivity index (χ0n) is 9.24. The van der Waals surface area contributed by atoms with E-state index in [9.17, 15) is 0 Å². The molecule has 5 nitrogen and oxygen atoms in total. The van der Waals surface area contributed by atoms with Gasteiger partial charge in [-0.05, 0) is 18.2 Å². The van der Waals surface area contributed by atoms with Crippen molar-refractivity contribution in [3.8, 4) is 5.75 Å². The molecule has 96 valence electrons. The highest BCUT2D eigenvalue weighted by molar-refractivity contribution is 7.30. The lowest BCUT2D eigenvalue weighted by molar-refractivity contribution is 0.363. The van der Waals surface area contributed by atoms with E-state index in [0.29, 0.717) is 6.61 Å². The molecule has 0 heterocycles. The maximum absolute atomic E-state index is 8.74. The van der Waals surface area contributed by atoms with Gasteiger partial charge >= 0.3 is 8.25 Å². The number of rotatable bonds is 4. The molecule has 17 heavy (non-hydrogen) atoms. The summed E-state index contributed by atoms with van der Waals surface area (Å²) < 4.78 is 14.1. The van der Waals surface area contributed by atoms with Crippen LogP contribution in [-0.4, -0.2) is 21.9 Å². The van der Waals surface area contributed by atoms with Crippen LogP contribution in [-0.2, 0) is 4.57 Å². The van der Waals surface area contributed by atoms with Gasteiger partial charge in [-0.25, -0.2) is 0 Å². The zero-order chi connectivity index (χ0) is 12.2. The first-order valence-corrected chi connectivity index (χ1v) is 5.84. The van der Waals surface area contributed by atoms with E-state index >= 15 is 0 Å². The number of hydrogen-bond acceptors (Lipinski definition) is 2. The van der Waals surface area contributed by atoms with Crippen LogP contribution in [0, 0.1) is 0 Å². The second-order valence-electron chi connectivity index (χ2n) is 2.57. The fourth-order valence-corrected chi connectivity index (χ4v) is 0.813. The van der Waals surface area contributed by atoms with Crippen LogP contribution in [0.2, 0.25) is 0 Å². The molecule has 0 aliphatic carbocycles. The number of allylic oxidation sites excluding steroid dienone is 2. The maximum Gasteiger partial charge on any atom is 0.314 e. The second-order valence-corrected chi connectivity index (χ2v) is 3.14. The fraction of sp³-hybridized carbons (Fsp3) is 0.0909. The second kappa shape index (κ2) is 12.7. The first-order chi connectivity index (χ1) is 7.66. The highest BCUT2D eigenvalue weighted by atomic mass is 31.1. The Bertz CT molecular complexity index is 333. The quantitative estimate of drug-likeness (QED) is 0.630. The smallest absolute Gasteiger partial charge is 0.314 e. The van der Waals surface area contributed by atoms with Crippen molar-refractivity contribution in [1.29, 1.82) is 0 Å². The molecule has 0 unspecified atom stereocenters. The zero-order valence-corrected chi connectivity index (χ0v) is 10.2. The molecular formula is C11H17O5P. The van der Waals surface area contributed by atoms with E-state index in [1.54, 1.807) is 6.08 Å². The van der Waals surface area contributed by atoms with Crippen LogP contribution in [0.15, 0.2) is 55.1 Å². The van der Waals surface area contributed by atoms with E-state index in [0.717, 1.165) is 5.75 Å². The van der Waals surface area contributed by atoms with E-state index in [-0.39, 0.29) is 5.48 Å². The lowest BCUT2D eigenvalue weighted by Gasteiger charge is -2.00. The van der Waals surface area contributed by atoms with Gasteiger partial charge in [-0.1, -0.05) is 36.9 Å². The third kappa shape index (κ3) is 14.6. The summed E-state index contributed by atoms with van der Waals surface area (Å²) in [5.74, 6) is 0.895. The summed E-state index contributed by atoms with van der Waals surface area (Å²) in [6, 6.07) is 9.73. The summed E-state index contributed by atoms with van der Waals surface area (Å²) in [5.41, 5.74) is 0. The molecule has 4 N–H and O–H groups in total. The molecular weight excluding hydrogens is 243 g/mol. The molecule has 0 saturated carbocycles. The Labute approximate surface area is 101 Å². The van der Waals surface area contributed by atoms with Crippen LogP contribution >= 0.6 is 8.25 Å². The predicted molar refractivity (Wildman–Crippen MR) is 68.3 cm³/mol. The van der Waals surface area contributed by atoms with Gasteiger partial charge in [-0.15, -0.1) is 0 Å². The number of benzene rings is 1. The van der Waals surface area contributed by atoms with Crippen LogP contribution in [0.25, 0.3) is 0 Å². The minimum absolute atomic E-state index is 0. The fourth-order valence-electron chi connectivity index (χ4n) is 0.813. The molecule has 0 atom stereocenters. The van der Waals surface area contributed by atoms with Crippen molar-refractivity contribution in [3.05, 3.63) is 55.1 Å². The molecule has 0 fully saturated rings. The van der Waals surface area contributed by atoms with E-state index in [1.807, 2.05) is 42.5 Å². The van der Waals surface area contributed by atoms with Crippen molar-refractivity contribution >= 4 is 8.25 Å². The van der Waals surface area contributed by atoms with Gasteiger partial charge < -0.3 is 20.0 Å². The molecule has 0 saturated heterocycles. The van der Waals surface area contributed by atoms with Crippen molar-refractivity contribution in [1.82, 2.24) is 0 Å². The third-order valence-electron chi connectivity index (χ3n) is 1.36. The number of hydrogen-bond donors (Lipinski definition) is 2. The van der Waals surface area contributed by atoms with Gasteiger partial charge in [-0.3, -0.25) is 4.57 Å². The monoisotopic (exact) mass is 260 g/mol. The highest BCUT2D eigenvalue weighted by Gasteiger charge is 1.85. The van der Waals surface area contributed by atoms with Crippen molar-refractivity contribution in [2.75, 3.05) is 6.61 Å². The Morgan fingerprint density at radius 3 is 2.29 bits per heavy atom. The Balaban J connectivity index is 0. The summed E-state index contributed by atoms with van der Waals surface area (Å²) in [5, 5.41) is 0. The van der Waals surface area contributed by atoms with Crippen LogP contribution in [0.3, 0.4) is 0 Å². The lowest BCUT2D eigenvalue weighted by atomic mass is 10.3. The van der Waals surface area contributed by atoms with E-state index in [2.05, 4.69) is 6.58 Å². The Morgan fingerprint density at radius 1 is 1.29 bits per heavy atom. The minimum atomic E-state index is -3.13. The normalized spacial score (nSPS) is 9.12. The highest BCUT2D eigenvalue weighted by Crippen LogP contribution is 2.07. The Morgan fingerprint density at radius 2 is 1.82 bits per heavy atom. The van der Waals surface area contributed by atoms with Gasteiger partial charge in [0, 0.05) is 0 Å². The van der Waals surface area contributed by atoms with Gasteiger partial charge in [0.25, 0.3) is 0 Å². The molecule has 1 aromatic carbocycles. The van der Waals surface area contributed by atoms with E-state index in [1.165, 1.54) is 0 Å². The van der Waals surface area contributed by atoms with Gasteiger partial charge in [-0.2, -0.15) is 0 Å². The van der Waals surface area contributed by atoms with Crippen LogP contribution < -0.4 is 4.74 Å². The molecule has 0 radical (unpaired) electrons. The summed E-state index contributed by atoms with van der Waals surface area (Å²) in [6.07, 6.45) is 5.51. The molecule has 0 aromatic heterocycles. The maximum atomic E-state index is 8.74. The molecule has 0 spiro atoms. The predicted octanol–water partition coefficient (Wildman–Crippen LogP) is 1.34. The largest absolute Gasteiger partial charge is 0.490 e. The summed E-state index contributed by atoms with van der Waals surface area (Å²) in [4.78, 5) is 14.3. The van der Waals surface area contributed by atoms with Crippen molar-refractivity contribution < 1.29 is 24.6 Å². The van der Waals surface area contributed by atoms with Crippen molar-refractivity contribution in [2.45, 2.75) is 0 Å². The molecule has 1 rings (SSSR count). The van der Waals surface area contributed by atoms with Gasteiger partial charge in [0.05, 0.1) is 0 Å². The SMILES string of the molecule is C=CC=CCOc1ccccc1.O.O=[PH](O)O. The first-order valence-electron chi connectivity index (χ1n) is 4.54. The van der Waals surface area contributed by atoms with E-state index in [4.69, 9.17) is 19.1 Å². The third-order valence-corrected chi connectivity index (χ3v) is 1.36. The Kier molecular flexibility index (Phi) is 13.4. The molecule has 0 aliphatic rings. The summed E-state index contributed by atoms with van der Waals surface area (Å²) >= 11 is 0. The van der Waals surface area contributed by atoms with Crippen molar-refractivity contribution in [2.24, 2.45) is 0 Å². The molecule has 0 aliphatic heterocycles. The Hall–Kier alpha value is -1.39. The van der Waals surface area contributed by atoms with E-state index < -0.39 is 8.25 Å². The molecule has 0 amide bonds. The molecule has 0 bridgehead atoms. The summed E-state index contributed by atoms with van der Waals surface area (Å²) in [7, 11) is -3.13. The molecule has 1 aromatic rings. The number of para-hydroxylation sites is 1. The average molecular weight is 260 g/mol.